The topological polar surface area (TPSA) is 47.2 Å². The number of aromatic nitrogens is 2. The monoisotopic (exact) mass is 385 g/mol. The second-order valence-electron chi connectivity index (χ2n) is 8.05. The van der Waals surface area contributed by atoms with Crippen LogP contribution in [0.2, 0.25) is 0 Å². The van der Waals surface area contributed by atoms with Crippen LogP contribution in [-0.4, -0.2) is 33.7 Å². The van der Waals surface area contributed by atoms with Crippen LogP contribution in [0.25, 0.3) is 11.0 Å². The van der Waals surface area contributed by atoms with Gasteiger partial charge in [0.1, 0.15) is 0 Å². The lowest BCUT2D eigenvalue weighted by atomic mass is 10.0. The van der Waals surface area contributed by atoms with Crippen LogP contribution in [0, 0.1) is 0 Å². The molecule has 0 aliphatic carbocycles. The van der Waals surface area contributed by atoms with E-state index in [2.05, 4.69) is 11.8 Å². The van der Waals surface area contributed by atoms with E-state index in [0.717, 1.165) is 43.5 Å². The van der Waals surface area contributed by atoms with Crippen molar-refractivity contribution in [3.05, 3.63) is 45.0 Å². The van der Waals surface area contributed by atoms with Crippen molar-refractivity contribution in [1.29, 1.82) is 0 Å². The number of rotatable bonds is 9. The second-order valence-corrected chi connectivity index (χ2v) is 8.05. The van der Waals surface area contributed by atoms with E-state index in [1.807, 2.05) is 31.2 Å². The molecule has 154 valence electrons. The number of nitrogens with zero attached hydrogens (tertiary/aromatic N) is 3. The third-order valence-electron chi connectivity index (χ3n) is 6.15. The highest BCUT2D eigenvalue weighted by Gasteiger charge is 2.24. The van der Waals surface area contributed by atoms with Gasteiger partial charge in [-0.1, -0.05) is 51.2 Å². The Hall–Kier alpha value is -1.88. The molecule has 0 spiro atoms. The third-order valence-corrected chi connectivity index (χ3v) is 6.15. The van der Waals surface area contributed by atoms with Crippen LogP contribution in [0.4, 0.5) is 0 Å². The molecule has 0 N–H and O–H groups in total. The minimum absolute atomic E-state index is 0.123. The molecule has 1 aromatic carbocycles. The van der Waals surface area contributed by atoms with Crippen LogP contribution in [0.1, 0.15) is 71.3 Å². The number of unbranched alkanes of at least 4 members (excludes halogenated alkanes) is 5. The van der Waals surface area contributed by atoms with E-state index >= 15 is 0 Å². The van der Waals surface area contributed by atoms with E-state index in [-0.39, 0.29) is 11.6 Å². The first-order valence-corrected chi connectivity index (χ1v) is 11.1. The van der Waals surface area contributed by atoms with Gasteiger partial charge in [0.25, 0.3) is 0 Å². The Balaban J connectivity index is 1.67. The van der Waals surface area contributed by atoms with Gasteiger partial charge in [0.2, 0.25) is 0 Å². The number of piperidine rings is 1. The van der Waals surface area contributed by atoms with Gasteiger partial charge in [0, 0.05) is 25.7 Å². The van der Waals surface area contributed by atoms with E-state index in [0.29, 0.717) is 6.54 Å². The predicted molar refractivity (Wildman–Crippen MR) is 116 cm³/mol. The Morgan fingerprint density at radius 2 is 1.50 bits per heavy atom. The molecule has 1 fully saturated rings. The lowest BCUT2D eigenvalue weighted by Gasteiger charge is -2.33. The second kappa shape index (κ2) is 10.1. The molecule has 2 heterocycles. The summed E-state index contributed by atoms with van der Waals surface area (Å²) in [6, 6.07) is 7.94. The lowest BCUT2D eigenvalue weighted by molar-refractivity contribution is 0.183. The molecule has 1 aliphatic rings. The number of aryl methyl sites for hydroxylation is 1. The van der Waals surface area contributed by atoms with Crippen LogP contribution in [0.15, 0.2) is 33.9 Å². The molecule has 0 atom stereocenters. The molecule has 28 heavy (non-hydrogen) atoms. The van der Waals surface area contributed by atoms with Gasteiger partial charge in [-0.25, -0.2) is 0 Å². The number of fused-ring (bicyclic) bond motifs is 1. The summed E-state index contributed by atoms with van der Waals surface area (Å²) in [4.78, 5) is 28.0. The summed E-state index contributed by atoms with van der Waals surface area (Å²) in [7, 11) is 0. The van der Waals surface area contributed by atoms with E-state index in [1.54, 1.807) is 9.13 Å². The van der Waals surface area contributed by atoms with Crippen molar-refractivity contribution in [3.8, 4) is 0 Å². The zero-order valence-corrected chi connectivity index (χ0v) is 17.5. The Morgan fingerprint density at radius 1 is 0.857 bits per heavy atom. The van der Waals surface area contributed by atoms with Crippen molar-refractivity contribution in [1.82, 2.24) is 14.0 Å². The maximum Gasteiger partial charge on any atom is 0.317 e. The number of hydrogen-bond acceptors (Lipinski definition) is 3. The van der Waals surface area contributed by atoms with Gasteiger partial charge in [0.05, 0.1) is 11.0 Å². The zero-order valence-electron chi connectivity index (χ0n) is 17.5. The minimum Gasteiger partial charge on any atom is -0.303 e. The van der Waals surface area contributed by atoms with Crippen molar-refractivity contribution < 1.29 is 0 Å². The van der Waals surface area contributed by atoms with Gasteiger partial charge >= 0.3 is 11.1 Å². The number of hydrogen-bond donors (Lipinski definition) is 0. The molecule has 0 amide bonds. The molecular formula is C23H35N3O2. The van der Waals surface area contributed by atoms with Gasteiger partial charge in [-0.3, -0.25) is 14.2 Å². The molecule has 3 rings (SSSR count). The van der Waals surface area contributed by atoms with Crippen LogP contribution in [0.5, 0.6) is 0 Å². The van der Waals surface area contributed by atoms with Gasteiger partial charge in [0.15, 0.2) is 0 Å². The Morgan fingerprint density at radius 3 is 2.18 bits per heavy atom. The number of para-hydroxylation sites is 2. The van der Waals surface area contributed by atoms with E-state index in [1.165, 1.54) is 38.5 Å². The van der Waals surface area contributed by atoms with Crippen molar-refractivity contribution in [2.24, 2.45) is 0 Å². The maximum absolute atomic E-state index is 12.9. The van der Waals surface area contributed by atoms with Crippen LogP contribution in [0.3, 0.4) is 0 Å². The molecule has 1 saturated heterocycles. The van der Waals surface area contributed by atoms with E-state index < -0.39 is 5.56 Å². The number of likely N-dealkylation sites (tertiary alicyclic amines) is 1. The quantitative estimate of drug-likeness (QED) is 0.480. The average Bonchev–Trinajstić information content (AvgIpc) is 2.72. The fourth-order valence-electron chi connectivity index (χ4n) is 4.53. The Kier molecular flexibility index (Phi) is 7.49. The van der Waals surface area contributed by atoms with Gasteiger partial charge in [-0.2, -0.15) is 0 Å². The smallest absolute Gasteiger partial charge is 0.303 e. The molecule has 0 radical (unpaired) electrons. The first-order valence-electron chi connectivity index (χ1n) is 11.1. The molecule has 5 heteroatoms. The zero-order chi connectivity index (χ0) is 19.9. The van der Waals surface area contributed by atoms with Crippen molar-refractivity contribution in [2.75, 3.05) is 19.6 Å². The van der Waals surface area contributed by atoms with E-state index in [4.69, 9.17) is 0 Å². The van der Waals surface area contributed by atoms with Gasteiger partial charge in [-0.15, -0.1) is 0 Å². The molecule has 1 aliphatic heterocycles. The van der Waals surface area contributed by atoms with Crippen LogP contribution < -0.4 is 11.1 Å². The highest BCUT2D eigenvalue weighted by atomic mass is 16.2. The fourth-order valence-corrected chi connectivity index (χ4v) is 4.53. The summed E-state index contributed by atoms with van der Waals surface area (Å²) in [5.41, 5.74) is 0.998. The van der Waals surface area contributed by atoms with Crippen molar-refractivity contribution in [2.45, 2.75) is 77.8 Å². The molecule has 0 bridgehead atoms. The fraction of sp³-hybridized carbons (Fsp3) is 0.652. The highest BCUT2D eigenvalue weighted by Crippen LogP contribution is 2.24. The highest BCUT2D eigenvalue weighted by molar-refractivity contribution is 5.75. The summed E-state index contributed by atoms with van der Waals surface area (Å²) in [5, 5.41) is 0. The predicted octanol–water partition coefficient (Wildman–Crippen LogP) is 4.18. The minimum atomic E-state index is -0.393. The van der Waals surface area contributed by atoms with Gasteiger partial charge in [-0.05, 0) is 44.9 Å². The summed E-state index contributed by atoms with van der Waals surface area (Å²) in [5.74, 6) is 0. The molecule has 5 nitrogen and oxygen atoms in total. The van der Waals surface area contributed by atoms with Crippen LogP contribution in [-0.2, 0) is 6.54 Å². The Bertz CT molecular complexity index is 876. The summed E-state index contributed by atoms with van der Waals surface area (Å²) >= 11 is 0. The molecule has 2 aromatic rings. The molecule has 0 saturated carbocycles. The molecule has 1 aromatic heterocycles. The summed E-state index contributed by atoms with van der Waals surface area (Å²) in [6.45, 7) is 7.87. The standard InChI is InChI=1S/C23H35N3O2/c1-3-5-6-7-8-11-16-24-17-14-19(15-18-24)26-21-13-10-9-12-20(21)25(4-2)22(27)23(26)28/h9-10,12-13,19H,3-8,11,14-18H2,1-2H3. The number of benzene rings is 1. The summed E-state index contributed by atoms with van der Waals surface area (Å²) in [6.07, 6.45) is 9.82. The van der Waals surface area contributed by atoms with Crippen molar-refractivity contribution >= 4 is 11.0 Å². The maximum atomic E-state index is 12.9. The van der Waals surface area contributed by atoms with Gasteiger partial charge < -0.3 is 9.47 Å². The third kappa shape index (κ3) is 4.57. The van der Waals surface area contributed by atoms with Crippen molar-refractivity contribution in [3.63, 3.8) is 0 Å². The lowest BCUT2D eigenvalue weighted by Crippen LogP contribution is -2.45. The largest absolute Gasteiger partial charge is 0.317 e. The average molecular weight is 386 g/mol. The first kappa shape index (κ1) is 20.8. The van der Waals surface area contributed by atoms with E-state index in [9.17, 15) is 9.59 Å². The normalized spacial score (nSPS) is 16.1. The SMILES string of the molecule is CCCCCCCCN1CCC(n2c(=O)c(=O)n(CC)c3ccccc32)CC1. The van der Waals surface area contributed by atoms with Crippen LogP contribution >= 0.6 is 0 Å². The molecule has 0 unspecified atom stereocenters. The Labute approximate surface area is 168 Å². The molecular weight excluding hydrogens is 350 g/mol. The first-order chi connectivity index (χ1) is 13.7. The summed E-state index contributed by atoms with van der Waals surface area (Å²) < 4.78 is 3.38.